The standard InChI is InChI=1S/C9H16BF3NO/c1-8(10(11,12)13)7-14(5-6-15-2)9-3-4-9/h9H,1,3-7H2,2H3/q-1. The van der Waals surface area contributed by atoms with Crippen LogP contribution in [0.15, 0.2) is 12.1 Å². The van der Waals surface area contributed by atoms with Crippen molar-refractivity contribution in [2.24, 2.45) is 0 Å². The van der Waals surface area contributed by atoms with Gasteiger partial charge >= 0.3 is 6.98 Å². The van der Waals surface area contributed by atoms with Crippen molar-refractivity contribution < 1.29 is 17.7 Å². The van der Waals surface area contributed by atoms with E-state index in [0.717, 1.165) is 12.8 Å². The third-order valence-corrected chi connectivity index (χ3v) is 2.51. The van der Waals surface area contributed by atoms with Crippen molar-refractivity contribution in [1.29, 1.82) is 0 Å². The van der Waals surface area contributed by atoms with Crippen LogP contribution < -0.4 is 0 Å². The van der Waals surface area contributed by atoms with E-state index in [2.05, 4.69) is 6.58 Å². The molecule has 1 saturated carbocycles. The number of nitrogens with zero attached hydrogens (tertiary/aromatic N) is 1. The summed E-state index contributed by atoms with van der Waals surface area (Å²) in [5.74, 6) is 0. The Labute approximate surface area is 88.1 Å². The molecule has 0 amide bonds. The molecule has 1 aliphatic rings. The molecule has 0 unspecified atom stereocenters. The average molecular weight is 222 g/mol. The first-order valence-electron chi connectivity index (χ1n) is 5.05. The second-order valence-corrected chi connectivity index (χ2v) is 3.93. The van der Waals surface area contributed by atoms with Crippen molar-refractivity contribution in [3.8, 4) is 0 Å². The van der Waals surface area contributed by atoms with Gasteiger partial charge in [-0.25, -0.2) is 0 Å². The van der Waals surface area contributed by atoms with Gasteiger partial charge in [-0.2, -0.15) is 0 Å². The summed E-state index contributed by atoms with van der Waals surface area (Å²) in [5.41, 5.74) is -0.613. The Morgan fingerprint density at radius 3 is 2.47 bits per heavy atom. The summed E-state index contributed by atoms with van der Waals surface area (Å²) in [6.07, 6.45) is 1.98. The third kappa shape index (κ3) is 4.26. The smallest absolute Gasteiger partial charge is 0.445 e. The third-order valence-electron chi connectivity index (χ3n) is 2.51. The Hall–Kier alpha value is -0.485. The molecule has 0 radical (unpaired) electrons. The predicted octanol–water partition coefficient (Wildman–Crippen LogP) is 2.04. The lowest BCUT2D eigenvalue weighted by molar-refractivity contribution is 0.149. The molecule has 15 heavy (non-hydrogen) atoms. The summed E-state index contributed by atoms with van der Waals surface area (Å²) in [5, 5.41) is 0. The molecule has 0 aliphatic heterocycles. The minimum absolute atomic E-state index is 0.0719. The monoisotopic (exact) mass is 222 g/mol. The van der Waals surface area contributed by atoms with E-state index in [1.165, 1.54) is 0 Å². The fraction of sp³-hybridized carbons (Fsp3) is 0.778. The van der Waals surface area contributed by atoms with Gasteiger partial charge in [-0.15, -0.1) is 12.1 Å². The molecule has 0 saturated heterocycles. The van der Waals surface area contributed by atoms with Crippen LogP contribution >= 0.6 is 0 Å². The molecule has 88 valence electrons. The number of hydrogen-bond donors (Lipinski definition) is 0. The molecule has 1 fully saturated rings. The summed E-state index contributed by atoms with van der Waals surface area (Å²) < 4.78 is 41.8. The first-order chi connectivity index (χ1) is 6.95. The van der Waals surface area contributed by atoms with E-state index in [0.29, 0.717) is 19.2 Å². The van der Waals surface area contributed by atoms with E-state index in [1.807, 2.05) is 0 Å². The van der Waals surface area contributed by atoms with Crippen LogP contribution in [-0.2, 0) is 4.74 Å². The van der Waals surface area contributed by atoms with E-state index >= 15 is 0 Å². The molecular weight excluding hydrogens is 206 g/mol. The minimum atomic E-state index is -4.90. The van der Waals surface area contributed by atoms with Crippen LogP contribution in [0.25, 0.3) is 0 Å². The van der Waals surface area contributed by atoms with Gasteiger partial charge < -0.3 is 17.7 Å². The van der Waals surface area contributed by atoms with Gasteiger partial charge in [0.15, 0.2) is 0 Å². The van der Waals surface area contributed by atoms with Crippen LogP contribution in [0.4, 0.5) is 12.9 Å². The molecule has 0 bridgehead atoms. The van der Waals surface area contributed by atoms with Crippen molar-refractivity contribution >= 4 is 6.98 Å². The van der Waals surface area contributed by atoms with Gasteiger partial charge in [0.2, 0.25) is 0 Å². The van der Waals surface area contributed by atoms with Gasteiger partial charge in [-0.3, -0.25) is 4.90 Å². The van der Waals surface area contributed by atoms with Crippen LogP contribution in [0.3, 0.4) is 0 Å². The molecule has 6 heteroatoms. The van der Waals surface area contributed by atoms with Gasteiger partial charge in [0.05, 0.1) is 6.61 Å². The minimum Gasteiger partial charge on any atom is -0.445 e. The highest BCUT2D eigenvalue weighted by Gasteiger charge is 2.33. The van der Waals surface area contributed by atoms with Crippen molar-refractivity contribution in [3.05, 3.63) is 12.1 Å². The molecule has 1 aliphatic carbocycles. The van der Waals surface area contributed by atoms with E-state index in [4.69, 9.17) is 4.74 Å². The molecule has 0 heterocycles. The van der Waals surface area contributed by atoms with E-state index in [9.17, 15) is 12.9 Å². The zero-order valence-corrected chi connectivity index (χ0v) is 8.89. The number of rotatable bonds is 7. The molecule has 0 N–H and O–H groups in total. The zero-order chi connectivity index (χ0) is 11.5. The Morgan fingerprint density at radius 1 is 1.47 bits per heavy atom. The van der Waals surface area contributed by atoms with Crippen molar-refractivity contribution in [3.63, 3.8) is 0 Å². The summed E-state index contributed by atoms with van der Waals surface area (Å²) in [7, 11) is 1.55. The number of methoxy groups -OCH3 is 1. The Balaban J connectivity index is 2.40. The van der Waals surface area contributed by atoms with Gasteiger partial charge in [0.25, 0.3) is 0 Å². The fourth-order valence-electron chi connectivity index (χ4n) is 1.40. The number of ether oxygens (including phenoxy) is 1. The largest absolute Gasteiger partial charge is 0.506 e. The summed E-state index contributed by atoms with van der Waals surface area (Å²) >= 11 is 0. The average Bonchev–Trinajstić information content (AvgIpc) is 2.93. The second-order valence-electron chi connectivity index (χ2n) is 3.93. The molecule has 0 atom stereocenters. The Bertz CT molecular complexity index is 228. The lowest BCUT2D eigenvalue weighted by Crippen LogP contribution is -2.36. The maximum Gasteiger partial charge on any atom is 0.506 e. The topological polar surface area (TPSA) is 12.5 Å². The van der Waals surface area contributed by atoms with Crippen molar-refractivity contribution in [2.45, 2.75) is 18.9 Å². The quantitative estimate of drug-likeness (QED) is 0.611. The van der Waals surface area contributed by atoms with Crippen LogP contribution in [0.5, 0.6) is 0 Å². The molecule has 0 aromatic carbocycles. The summed E-state index contributed by atoms with van der Waals surface area (Å²) in [6.45, 7) is -0.851. The molecular formula is C9H16BF3NO-. The maximum atomic E-state index is 12.3. The lowest BCUT2D eigenvalue weighted by atomic mass is 9.80. The maximum absolute atomic E-state index is 12.3. The highest BCUT2D eigenvalue weighted by molar-refractivity contribution is 6.66. The Morgan fingerprint density at radius 2 is 2.07 bits per heavy atom. The fourth-order valence-corrected chi connectivity index (χ4v) is 1.40. The van der Waals surface area contributed by atoms with E-state index < -0.39 is 12.4 Å². The van der Waals surface area contributed by atoms with Crippen molar-refractivity contribution in [2.75, 3.05) is 26.8 Å². The highest BCUT2D eigenvalue weighted by Crippen LogP contribution is 2.29. The molecule has 0 aromatic rings. The molecule has 0 aromatic heterocycles. The van der Waals surface area contributed by atoms with Crippen LogP contribution in [0.1, 0.15) is 12.8 Å². The Kier molecular flexibility index (Phi) is 4.22. The SMILES string of the molecule is C=C(CN(CCOC)C1CC1)[B-](F)(F)F. The van der Waals surface area contributed by atoms with Crippen LogP contribution in [0.2, 0.25) is 0 Å². The van der Waals surface area contributed by atoms with Gasteiger partial charge in [-0.05, 0) is 19.4 Å². The molecule has 1 rings (SSSR count). The zero-order valence-electron chi connectivity index (χ0n) is 8.89. The van der Waals surface area contributed by atoms with Gasteiger partial charge in [0.1, 0.15) is 0 Å². The van der Waals surface area contributed by atoms with Crippen LogP contribution in [-0.4, -0.2) is 44.7 Å². The second kappa shape index (κ2) is 5.03. The first-order valence-corrected chi connectivity index (χ1v) is 5.05. The summed E-state index contributed by atoms with van der Waals surface area (Å²) in [4.78, 5) is 1.81. The number of halogens is 3. The van der Waals surface area contributed by atoms with Gasteiger partial charge in [-0.1, -0.05) is 0 Å². The van der Waals surface area contributed by atoms with E-state index in [1.54, 1.807) is 12.0 Å². The van der Waals surface area contributed by atoms with Crippen LogP contribution in [0, 0.1) is 0 Å². The van der Waals surface area contributed by atoms with Gasteiger partial charge in [0, 0.05) is 19.7 Å². The normalized spacial score (nSPS) is 17.1. The molecule has 2 nitrogen and oxygen atoms in total. The predicted molar refractivity (Wildman–Crippen MR) is 54.7 cm³/mol. The van der Waals surface area contributed by atoms with E-state index in [-0.39, 0.29) is 6.54 Å². The summed E-state index contributed by atoms with van der Waals surface area (Å²) in [6, 6.07) is 0.301. The van der Waals surface area contributed by atoms with Crippen molar-refractivity contribution in [1.82, 2.24) is 4.90 Å². The first kappa shape index (κ1) is 12.6. The molecule has 0 spiro atoms. The highest BCUT2D eigenvalue weighted by atomic mass is 19.4. The lowest BCUT2D eigenvalue weighted by Gasteiger charge is -2.27. The number of hydrogen-bond acceptors (Lipinski definition) is 2.